The van der Waals surface area contributed by atoms with E-state index in [9.17, 15) is 14.4 Å². The Kier molecular flexibility index (Phi) is 65.2. The summed E-state index contributed by atoms with van der Waals surface area (Å²) in [4.78, 5) is 38.4. The Morgan fingerprint density at radius 1 is 0.263 bits per heavy atom. The fourth-order valence-electron chi connectivity index (χ4n) is 9.93. The SMILES string of the molecule is CC/C=C\C/C=C\C/C=C\C/C=C\CCCCCCCCCCCCCCCCCCC(=O)OCC(COC(=O)CCCCCCC/C=C\CCCCCCCC)OC(=O)CCCCCCCCC/C=C\C/C=C\CCCCCC. The summed E-state index contributed by atoms with van der Waals surface area (Å²) in [5, 5.41) is 0. The van der Waals surface area contributed by atoms with Crippen molar-refractivity contribution in [1.29, 1.82) is 0 Å². The largest absolute Gasteiger partial charge is 0.462 e. The fourth-order valence-corrected chi connectivity index (χ4v) is 9.93. The zero-order valence-electron chi connectivity index (χ0n) is 53.1. The summed E-state index contributed by atoms with van der Waals surface area (Å²) >= 11 is 0. The van der Waals surface area contributed by atoms with Gasteiger partial charge in [0.2, 0.25) is 0 Å². The fraction of sp³-hybridized carbons (Fsp3) is 0.770. The van der Waals surface area contributed by atoms with E-state index in [4.69, 9.17) is 14.2 Å². The zero-order valence-corrected chi connectivity index (χ0v) is 53.1. The molecular weight excluding hydrogens is 985 g/mol. The highest BCUT2D eigenvalue weighted by Crippen LogP contribution is 2.17. The minimum absolute atomic E-state index is 0.0793. The van der Waals surface area contributed by atoms with Crippen LogP contribution in [0.4, 0.5) is 0 Å². The second-order valence-corrected chi connectivity index (χ2v) is 23.1. The van der Waals surface area contributed by atoms with Gasteiger partial charge >= 0.3 is 17.9 Å². The number of carbonyl (C=O) groups is 3. The quantitative estimate of drug-likeness (QED) is 0.0261. The lowest BCUT2D eigenvalue weighted by molar-refractivity contribution is -0.167. The molecule has 0 fully saturated rings. The van der Waals surface area contributed by atoms with E-state index >= 15 is 0 Å². The lowest BCUT2D eigenvalue weighted by Crippen LogP contribution is -2.30. The average molecular weight is 1120 g/mol. The highest BCUT2D eigenvalue weighted by atomic mass is 16.6. The van der Waals surface area contributed by atoms with Crippen LogP contribution < -0.4 is 0 Å². The second kappa shape index (κ2) is 68.1. The lowest BCUT2D eigenvalue weighted by Gasteiger charge is -2.18. The molecule has 462 valence electrons. The van der Waals surface area contributed by atoms with Crippen molar-refractivity contribution in [2.45, 2.75) is 354 Å². The third kappa shape index (κ3) is 65.4. The second-order valence-electron chi connectivity index (χ2n) is 23.1. The Morgan fingerprint density at radius 3 is 0.787 bits per heavy atom. The van der Waals surface area contributed by atoms with Gasteiger partial charge < -0.3 is 14.2 Å². The summed E-state index contributed by atoms with van der Waals surface area (Å²) < 4.78 is 17.0. The molecule has 0 saturated carbocycles. The van der Waals surface area contributed by atoms with Crippen LogP contribution in [-0.2, 0) is 28.6 Å². The minimum atomic E-state index is -0.784. The predicted octanol–water partition coefficient (Wildman–Crippen LogP) is 23.8. The van der Waals surface area contributed by atoms with E-state index < -0.39 is 6.10 Å². The molecule has 6 nitrogen and oxygen atoms in total. The molecule has 0 amide bonds. The van der Waals surface area contributed by atoms with Crippen LogP contribution in [-0.4, -0.2) is 37.2 Å². The van der Waals surface area contributed by atoms with E-state index in [1.165, 1.54) is 205 Å². The van der Waals surface area contributed by atoms with Gasteiger partial charge in [0, 0.05) is 19.3 Å². The number of hydrogen-bond donors (Lipinski definition) is 0. The number of unbranched alkanes of at least 4 members (excludes halogenated alkanes) is 38. The summed E-state index contributed by atoms with van der Waals surface area (Å²) in [5.41, 5.74) is 0. The topological polar surface area (TPSA) is 78.9 Å². The molecule has 0 aromatic rings. The Balaban J connectivity index is 4.27. The van der Waals surface area contributed by atoms with Gasteiger partial charge in [-0.3, -0.25) is 14.4 Å². The first kappa shape index (κ1) is 76.6. The highest BCUT2D eigenvalue weighted by molar-refractivity contribution is 5.71. The summed E-state index contributed by atoms with van der Waals surface area (Å²) in [7, 11) is 0. The van der Waals surface area contributed by atoms with Crippen molar-refractivity contribution in [2.75, 3.05) is 13.2 Å². The summed E-state index contributed by atoms with van der Waals surface area (Å²) in [6.07, 6.45) is 90.3. The van der Waals surface area contributed by atoms with Crippen LogP contribution >= 0.6 is 0 Å². The van der Waals surface area contributed by atoms with Gasteiger partial charge in [0.25, 0.3) is 0 Å². The van der Waals surface area contributed by atoms with Crippen molar-refractivity contribution >= 4 is 17.9 Å². The first-order valence-corrected chi connectivity index (χ1v) is 34.6. The van der Waals surface area contributed by atoms with Gasteiger partial charge in [-0.1, -0.05) is 298 Å². The maximum atomic E-state index is 12.9. The van der Waals surface area contributed by atoms with Gasteiger partial charge in [0.15, 0.2) is 6.10 Å². The van der Waals surface area contributed by atoms with Crippen molar-refractivity contribution in [1.82, 2.24) is 0 Å². The van der Waals surface area contributed by atoms with E-state index in [1.807, 2.05) is 0 Å². The third-order valence-electron chi connectivity index (χ3n) is 15.1. The summed E-state index contributed by atoms with van der Waals surface area (Å²) in [5.74, 6) is -0.878. The Hall–Kier alpha value is -3.41. The average Bonchev–Trinajstić information content (AvgIpc) is 3.46. The van der Waals surface area contributed by atoms with E-state index in [-0.39, 0.29) is 31.1 Å². The first-order chi connectivity index (χ1) is 39.5. The van der Waals surface area contributed by atoms with Crippen molar-refractivity contribution in [3.63, 3.8) is 0 Å². The molecule has 0 rings (SSSR count). The molecule has 0 aliphatic rings. The standard InChI is InChI=1S/C74H130O6/c1-4-7-10-13-16-19-22-25-28-30-32-33-34-35-36-37-38-39-40-41-42-44-46-49-52-55-58-61-64-67-73(76)79-70-71(69-78-72(75)66-63-60-57-54-51-48-45-27-24-21-18-15-12-9-6-3)80-74(77)68-65-62-59-56-53-50-47-43-31-29-26-23-20-17-14-11-8-5-2/h7,10,16,19-20,23,25,27-29,31-33,45,71H,4-6,8-9,11-15,17-18,21-22,24,26,30,34-44,46-70H2,1-3H3/b10-7-,19-16-,23-20-,28-25-,31-29-,33-32-,45-27-. The maximum absolute atomic E-state index is 12.9. The van der Waals surface area contributed by atoms with Crippen molar-refractivity contribution in [3.05, 3.63) is 85.1 Å². The maximum Gasteiger partial charge on any atom is 0.306 e. The van der Waals surface area contributed by atoms with Gasteiger partial charge in [0.1, 0.15) is 13.2 Å². The molecule has 0 bridgehead atoms. The van der Waals surface area contributed by atoms with Gasteiger partial charge in [-0.05, 0) is 116 Å². The van der Waals surface area contributed by atoms with Crippen molar-refractivity contribution in [2.24, 2.45) is 0 Å². The van der Waals surface area contributed by atoms with Crippen LogP contribution in [0.25, 0.3) is 0 Å². The van der Waals surface area contributed by atoms with Crippen LogP contribution in [0.5, 0.6) is 0 Å². The normalized spacial score (nSPS) is 12.6. The number of rotatable bonds is 63. The number of esters is 3. The molecule has 0 aliphatic heterocycles. The van der Waals surface area contributed by atoms with Crippen LogP contribution in [0.15, 0.2) is 85.1 Å². The molecule has 0 saturated heterocycles. The van der Waals surface area contributed by atoms with Gasteiger partial charge in [0.05, 0.1) is 0 Å². The summed E-state index contributed by atoms with van der Waals surface area (Å²) in [6, 6.07) is 0. The zero-order chi connectivity index (χ0) is 57.8. The molecule has 0 aromatic heterocycles. The first-order valence-electron chi connectivity index (χ1n) is 34.6. The van der Waals surface area contributed by atoms with E-state index in [2.05, 4.69) is 106 Å². The Labute approximate surface area is 496 Å². The molecule has 0 aliphatic carbocycles. The van der Waals surface area contributed by atoms with Crippen LogP contribution in [0.1, 0.15) is 348 Å². The number of carbonyl (C=O) groups excluding carboxylic acids is 3. The molecule has 80 heavy (non-hydrogen) atoms. The van der Waals surface area contributed by atoms with Gasteiger partial charge in [-0.2, -0.15) is 0 Å². The number of ether oxygens (including phenoxy) is 3. The highest BCUT2D eigenvalue weighted by Gasteiger charge is 2.19. The molecule has 0 radical (unpaired) electrons. The number of hydrogen-bond acceptors (Lipinski definition) is 6. The van der Waals surface area contributed by atoms with Gasteiger partial charge in [-0.15, -0.1) is 0 Å². The Bertz CT molecular complexity index is 1520. The molecule has 0 N–H and O–H groups in total. The van der Waals surface area contributed by atoms with Crippen molar-refractivity contribution < 1.29 is 28.6 Å². The lowest BCUT2D eigenvalue weighted by atomic mass is 10.0. The smallest absolute Gasteiger partial charge is 0.306 e. The van der Waals surface area contributed by atoms with E-state index in [0.717, 1.165) is 103 Å². The van der Waals surface area contributed by atoms with E-state index in [1.54, 1.807) is 0 Å². The third-order valence-corrected chi connectivity index (χ3v) is 15.1. The monoisotopic (exact) mass is 1110 g/mol. The molecule has 6 heteroatoms. The van der Waals surface area contributed by atoms with Crippen LogP contribution in [0.3, 0.4) is 0 Å². The molecule has 0 aromatic carbocycles. The number of allylic oxidation sites excluding steroid dienone is 14. The molecule has 1 unspecified atom stereocenters. The van der Waals surface area contributed by atoms with Gasteiger partial charge in [-0.25, -0.2) is 0 Å². The minimum Gasteiger partial charge on any atom is -0.462 e. The molecule has 0 heterocycles. The van der Waals surface area contributed by atoms with Crippen molar-refractivity contribution in [3.8, 4) is 0 Å². The van der Waals surface area contributed by atoms with Crippen LogP contribution in [0, 0.1) is 0 Å². The molecular formula is C74H130O6. The Morgan fingerprint density at radius 2 is 0.487 bits per heavy atom. The van der Waals surface area contributed by atoms with E-state index in [0.29, 0.717) is 19.3 Å². The summed E-state index contributed by atoms with van der Waals surface area (Å²) in [6.45, 7) is 6.54. The van der Waals surface area contributed by atoms with Crippen LogP contribution in [0.2, 0.25) is 0 Å². The predicted molar refractivity (Wildman–Crippen MR) is 348 cm³/mol. The molecule has 0 spiro atoms. The molecule has 1 atom stereocenters.